The molecule has 4 heteroatoms. The largest absolute Gasteiger partial charge is 0.481 e. The molecule has 21 heavy (non-hydrogen) atoms. The van der Waals surface area contributed by atoms with Crippen LogP contribution in [-0.4, -0.2) is 17.1 Å². The minimum absolute atomic E-state index is 0.182. The highest BCUT2D eigenvalue weighted by molar-refractivity contribution is 9.10. The molecule has 1 fully saturated rings. The van der Waals surface area contributed by atoms with Gasteiger partial charge >= 0.3 is 5.97 Å². The van der Waals surface area contributed by atoms with Crippen molar-refractivity contribution in [1.29, 1.82) is 0 Å². The third-order valence-electron chi connectivity index (χ3n) is 5.20. The molecule has 0 amide bonds. The van der Waals surface area contributed by atoms with Crippen molar-refractivity contribution in [2.75, 3.05) is 0 Å². The summed E-state index contributed by atoms with van der Waals surface area (Å²) >= 11 is 3.49. The summed E-state index contributed by atoms with van der Waals surface area (Å²) in [6.07, 6.45) is 1.68. The van der Waals surface area contributed by atoms with Gasteiger partial charge in [0.05, 0.1) is 5.92 Å². The second-order valence-electron chi connectivity index (χ2n) is 6.70. The van der Waals surface area contributed by atoms with Gasteiger partial charge in [0.2, 0.25) is 0 Å². The Morgan fingerprint density at radius 3 is 2.76 bits per heavy atom. The van der Waals surface area contributed by atoms with Crippen LogP contribution in [0.4, 0.5) is 0 Å². The maximum absolute atomic E-state index is 11.4. The van der Waals surface area contributed by atoms with Crippen molar-refractivity contribution in [3.05, 3.63) is 34.3 Å². The monoisotopic (exact) mass is 353 g/mol. The third kappa shape index (κ3) is 3.67. The van der Waals surface area contributed by atoms with Crippen LogP contribution in [0.15, 0.2) is 28.7 Å². The van der Waals surface area contributed by atoms with Gasteiger partial charge in [0.15, 0.2) is 0 Å². The lowest BCUT2D eigenvalue weighted by molar-refractivity contribution is -0.150. The van der Waals surface area contributed by atoms with Crippen LogP contribution in [0, 0.1) is 17.3 Å². The minimum Gasteiger partial charge on any atom is -0.481 e. The Bertz CT molecular complexity index is 515. The maximum Gasteiger partial charge on any atom is 0.307 e. The van der Waals surface area contributed by atoms with Crippen LogP contribution in [0.5, 0.6) is 0 Å². The second-order valence-corrected chi connectivity index (χ2v) is 7.61. The summed E-state index contributed by atoms with van der Waals surface area (Å²) < 4.78 is 1.09. The molecule has 2 rings (SSSR count). The SMILES string of the molecule is CC1C(NCc2cccc(Br)c2)CCC(C(=O)O)C1(C)C. The fourth-order valence-corrected chi connectivity index (χ4v) is 3.87. The fraction of sp³-hybridized carbons (Fsp3) is 0.588. The van der Waals surface area contributed by atoms with E-state index in [0.717, 1.165) is 23.9 Å². The van der Waals surface area contributed by atoms with Crippen LogP contribution in [0.2, 0.25) is 0 Å². The number of halogens is 1. The summed E-state index contributed by atoms with van der Waals surface area (Å²) in [5.74, 6) is -0.562. The van der Waals surface area contributed by atoms with Crippen molar-refractivity contribution in [2.45, 2.75) is 46.2 Å². The number of benzene rings is 1. The Balaban J connectivity index is 2.01. The fourth-order valence-electron chi connectivity index (χ4n) is 3.42. The molecule has 1 aliphatic rings. The highest BCUT2D eigenvalue weighted by atomic mass is 79.9. The normalized spacial score (nSPS) is 28.3. The summed E-state index contributed by atoms with van der Waals surface area (Å²) in [6.45, 7) is 7.17. The molecule has 116 valence electrons. The molecule has 1 aromatic carbocycles. The second kappa shape index (κ2) is 6.49. The Labute approximate surface area is 135 Å². The Morgan fingerprint density at radius 2 is 2.14 bits per heavy atom. The zero-order valence-electron chi connectivity index (χ0n) is 12.9. The zero-order valence-corrected chi connectivity index (χ0v) is 14.5. The third-order valence-corrected chi connectivity index (χ3v) is 5.69. The van der Waals surface area contributed by atoms with Gasteiger partial charge in [0.25, 0.3) is 0 Å². The Kier molecular flexibility index (Phi) is 5.10. The Hall–Kier alpha value is -0.870. The van der Waals surface area contributed by atoms with Crippen LogP contribution in [0.3, 0.4) is 0 Å². The molecular formula is C17H24BrNO2. The summed E-state index contributed by atoms with van der Waals surface area (Å²) in [5.41, 5.74) is 1.06. The molecule has 0 radical (unpaired) electrons. The number of aliphatic carboxylic acids is 1. The molecule has 3 atom stereocenters. The van der Waals surface area contributed by atoms with Gasteiger partial charge in [-0.25, -0.2) is 0 Å². The number of carboxylic acid groups (broad SMARTS) is 1. The van der Waals surface area contributed by atoms with Gasteiger partial charge in [-0.05, 0) is 41.9 Å². The quantitative estimate of drug-likeness (QED) is 0.857. The van der Waals surface area contributed by atoms with Crippen molar-refractivity contribution >= 4 is 21.9 Å². The molecular weight excluding hydrogens is 330 g/mol. The first-order valence-corrected chi connectivity index (χ1v) is 8.32. The van der Waals surface area contributed by atoms with Gasteiger partial charge in [-0.2, -0.15) is 0 Å². The number of carbonyl (C=O) groups is 1. The minimum atomic E-state index is -0.655. The molecule has 0 heterocycles. The van der Waals surface area contributed by atoms with E-state index in [2.05, 4.69) is 54.2 Å². The van der Waals surface area contributed by atoms with Crippen molar-refractivity contribution < 1.29 is 9.90 Å². The molecule has 2 N–H and O–H groups in total. The highest BCUT2D eigenvalue weighted by Gasteiger charge is 2.45. The molecule has 1 aromatic rings. The van der Waals surface area contributed by atoms with Gasteiger partial charge in [0, 0.05) is 17.1 Å². The van der Waals surface area contributed by atoms with Crippen LogP contribution >= 0.6 is 15.9 Å². The van der Waals surface area contributed by atoms with Gasteiger partial charge in [-0.3, -0.25) is 4.79 Å². The molecule has 0 spiro atoms. The molecule has 0 aromatic heterocycles. The average Bonchev–Trinajstić information content (AvgIpc) is 2.40. The molecule has 3 nitrogen and oxygen atoms in total. The first kappa shape index (κ1) is 16.5. The van der Waals surface area contributed by atoms with Crippen LogP contribution in [0.25, 0.3) is 0 Å². The maximum atomic E-state index is 11.4. The number of nitrogens with one attached hydrogen (secondary N) is 1. The zero-order chi connectivity index (χ0) is 15.6. The summed E-state index contributed by atoms with van der Waals surface area (Å²) in [6, 6.07) is 8.65. The number of hydrogen-bond acceptors (Lipinski definition) is 2. The van der Waals surface area contributed by atoms with E-state index in [9.17, 15) is 9.90 Å². The van der Waals surface area contributed by atoms with Gasteiger partial charge < -0.3 is 10.4 Å². The average molecular weight is 354 g/mol. The van der Waals surface area contributed by atoms with Gasteiger partial charge in [-0.1, -0.05) is 48.8 Å². The smallest absolute Gasteiger partial charge is 0.307 e. The van der Waals surface area contributed by atoms with Crippen LogP contribution in [-0.2, 0) is 11.3 Å². The van der Waals surface area contributed by atoms with E-state index in [-0.39, 0.29) is 11.3 Å². The van der Waals surface area contributed by atoms with E-state index >= 15 is 0 Å². The van der Waals surface area contributed by atoms with E-state index in [0.29, 0.717) is 12.0 Å². The van der Waals surface area contributed by atoms with Gasteiger partial charge in [0.1, 0.15) is 0 Å². The van der Waals surface area contributed by atoms with Crippen LogP contribution in [0.1, 0.15) is 39.2 Å². The van der Waals surface area contributed by atoms with Gasteiger partial charge in [-0.15, -0.1) is 0 Å². The van der Waals surface area contributed by atoms with E-state index in [1.807, 2.05) is 12.1 Å². The summed E-state index contributed by atoms with van der Waals surface area (Å²) in [7, 11) is 0. The number of carboxylic acids is 1. The van der Waals surface area contributed by atoms with Crippen LogP contribution < -0.4 is 5.32 Å². The summed E-state index contributed by atoms with van der Waals surface area (Å²) in [4.78, 5) is 11.4. The predicted molar refractivity (Wildman–Crippen MR) is 88.1 cm³/mol. The molecule has 0 bridgehead atoms. The molecule has 1 saturated carbocycles. The molecule has 3 unspecified atom stereocenters. The van der Waals surface area contributed by atoms with E-state index in [1.54, 1.807) is 0 Å². The first-order chi connectivity index (χ1) is 9.82. The standard InChI is InChI=1S/C17H24BrNO2/c1-11-15(8-7-14(16(20)21)17(11,2)3)19-10-12-5-4-6-13(18)9-12/h4-6,9,11,14-15,19H,7-8,10H2,1-3H3,(H,20,21). The van der Waals surface area contributed by atoms with Crippen molar-refractivity contribution in [3.63, 3.8) is 0 Å². The van der Waals surface area contributed by atoms with Crippen molar-refractivity contribution in [2.24, 2.45) is 17.3 Å². The molecule has 0 saturated heterocycles. The van der Waals surface area contributed by atoms with E-state index in [1.165, 1.54) is 5.56 Å². The highest BCUT2D eigenvalue weighted by Crippen LogP contribution is 2.45. The van der Waals surface area contributed by atoms with Crippen molar-refractivity contribution in [1.82, 2.24) is 5.32 Å². The number of rotatable bonds is 4. The predicted octanol–water partition coefficient (Wildman–Crippen LogP) is 4.06. The first-order valence-electron chi connectivity index (χ1n) is 7.53. The topological polar surface area (TPSA) is 49.3 Å². The molecule has 1 aliphatic carbocycles. The lowest BCUT2D eigenvalue weighted by atomic mass is 9.61. The lowest BCUT2D eigenvalue weighted by Crippen LogP contribution is -2.50. The molecule has 0 aliphatic heterocycles. The number of hydrogen-bond donors (Lipinski definition) is 2. The lowest BCUT2D eigenvalue weighted by Gasteiger charge is -2.46. The summed E-state index contributed by atoms with van der Waals surface area (Å²) in [5, 5.41) is 13.0. The van der Waals surface area contributed by atoms with E-state index < -0.39 is 5.97 Å². The Morgan fingerprint density at radius 1 is 1.43 bits per heavy atom. The van der Waals surface area contributed by atoms with Crippen molar-refractivity contribution in [3.8, 4) is 0 Å². The van der Waals surface area contributed by atoms with E-state index in [4.69, 9.17) is 0 Å².